The van der Waals surface area contributed by atoms with Gasteiger partial charge < -0.3 is 5.32 Å². The lowest BCUT2D eigenvalue weighted by molar-refractivity contribution is -0.117. The van der Waals surface area contributed by atoms with E-state index >= 15 is 0 Å². The van der Waals surface area contributed by atoms with E-state index in [4.69, 9.17) is 5.14 Å². The summed E-state index contributed by atoms with van der Waals surface area (Å²) in [5.41, 5.74) is 0.307. The van der Waals surface area contributed by atoms with Gasteiger partial charge in [-0.05, 0) is 12.8 Å². The molecule has 102 valence electrons. The number of carbonyl (C=O) groups excluding carboxylic acids is 1. The highest BCUT2D eigenvalue weighted by molar-refractivity contribution is 7.91. The maximum absolute atomic E-state index is 11.6. The Bertz CT molecular complexity index is 537. The number of anilines is 1. The van der Waals surface area contributed by atoms with E-state index < -0.39 is 10.0 Å². The Hall–Kier alpha value is -0.990. The van der Waals surface area contributed by atoms with E-state index in [1.54, 1.807) is 6.92 Å². The molecule has 0 fully saturated rings. The van der Waals surface area contributed by atoms with E-state index in [0.717, 1.165) is 17.8 Å². The summed E-state index contributed by atoms with van der Waals surface area (Å²) in [7, 11) is -3.77. The van der Waals surface area contributed by atoms with Gasteiger partial charge in [0, 0.05) is 6.42 Å². The number of hydrogen-bond donors (Lipinski definition) is 2. The van der Waals surface area contributed by atoms with Gasteiger partial charge in [-0.25, -0.2) is 18.5 Å². The number of thiazole rings is 1. The van der Waals surface area contributed by atoms with E-state index in [1.165, 1.54) is 0 Å². The number of aromatic nitrogens is 1. The van der Waals surface area contributed by atoms with Gasteiger partial charge in [-0.15, -0.1) is 0 Å². The fourth-order valence-electron chi connectivity index (χ4n) is 1.33. The summed E-state index contributed by atoms with van der Waals surface area (Å²) in [6.45, 7) is 5.52. The van der Waals surface area contributed by atoms with Crippen LogP contribution in [0.5, 0.6) is 0 Å². The Morgan fingerprint density at radius 3 is 2.61 bits per heavy atom. The molecule has 0 aromatic carbocycles. The molecule has 0 bridgehead atoms. The van der Waals surface area contributed by atoms with E-state index in [1.807, 2.05) is 13.8 Å². The van der Waals surface area contributed by atoms with Crippen molar-refractivity contribution in [2.24, 2.45) is 11.1 Å². The third kappa shape index (κ3) is 4.04. The first kappa shape index (κ1) is 15.1. The molecule has 1 amide bonds. The predicted octanol–water partition coefficient (Wildman–Crippen LogP) is 1.47. The van der Waals surface area contributed by atoms with Crippen molar-refractivity contribution in [3.63, 3.8) is 0 Å². The molecule has 0 aliphatic heterocycles. The average molecular weight is 291 g/mol. The Balaban J connectivity index is 2.79. The second kappa shape index (κ2) is 5.77. The zero-order valence-corrected chi connectivity index (χ0v) is 12.2. The first-order valence-corrected chi connectivity index (χ1v) is 7.90. The van der Waals surface area contributed by atoms with Crippen molar-refractivity contribution in [1.82, 2.24) is 4.98 Å². The first-order valence-electron chi connectivity index (χ1n) is 5.54. The van der Waals surface area contributed by atoms with Crippen molar-refractivity contribution in [1.29, 1.82) is 0 Å². The number of amides is 1. The van der Waals surface area contributed by atoms with E-state index in [-0.39, 0.29) is 21.2 Å². The monoisotopic (exact) mass is 291 g/mol. The molecule has 8 heteroatoms. The van der Waals surface area contributed by atoms with Gasteiger partial charge in [-0.2, -0.15) is 0 Å². The number of primary sulfonamides is 1. The fourth-order valence-corrected chi connectivity index (χ4v) is 3.21. The van der Waals surface area contributed by atoms with Crippen molar-refractivity contribution in [2.75, 3.05) is 5.32 Å². The van der Waals surface area contributed by atoms with Crippen LogP contribution < -0.4 is 10.5 Å². The highest BCUT2D eigenvalue weighted by atomic mass is 32.2. The van der Waals surface area contributed by atoms with Crippen LogP contribution in [0.15, 0.2) is 4.21 Å². The Kier molecular flexibility index (Phi) is 4.83. The Labute approximate surface area is 111 Å². The average Bonchev–Trinajstić information content (AvgIpc) is 2.58. The minimum absolute atomic E-state index is 0.0126. The molecule has 0 saturated carbocycles. The number of nitrogens with zero attached hydrogens (tertiary/aromatic N) is 1. The number of hydrogen-bond acceptors (Lipinski definition) is 5. The van der Waals surface area contributed by atoms with Crippen molar-refractivity contribution < 1.29 is 13.2 Å². The molecule has 0 spiro atoms. The molecule has 3 N–H and O–H groups in total. The van der Waals surface area contributed by atoms with Crippen LogP contribution in [-0.4, -0.2) is 19.3 Å². The van der Waals surface area contributed by atoms with Crippen LogP contribution in [0.25, 0.3) is 0 Å². The topological polar surface area (TPSA) is 102 Å². The lowest BCUT2D eigenvalue weighted by Crippen LogP contribution is -2.14. The van der Waals surface area contributed by atoms with Gasteiger partial charge >= 0.3 is 0 Å². The summed E-state index contributed by atoms with van der Waals surface area (Å²) in [5, 5.41) is 7.89. The fraction of sp³-hybridized carbons (Fsp3) is 0.600. The minimum Gasteiger partial charge on any atom is -0.302 e. The van der Waals surface area contributed by atoms with E-state index in [9.17, 15) is 13.2 Å². The summed E-state index contributed by atoms with van der Waals surface area (Å²) in [5.74, 6) is 0.114. The minimum atomic E-state index is -3.77. The molecule has 0 saturated heterocycles. The second-order valence-electron chi connectivity index (χ2n) is 4.20. The number of aryl methyl sites for hydroxylation is 1. The molecule has 1 unspecified atom stereocenters. The molecule has 1 atom stereocenters. The zero-order chi connectivity index (χ0) is 13.9. The van der Waals surface area contributed by atoms with Gasteiger partial charge in [0.15, 0.2) is 9.34 Å². The van der Waals surface area contributed by atoms with Crippen LogP contribution in [0.1, 0.15) is 32.4 Å². The maximum Gasteiger partial charge on any atom is 0.249 e. The van der Waals surface area contributed by atoms with Crippen molar-refractivity contribution in [2.45, 2.75) is 37.8 Å². The van der Waals surface area contributed by atoms with Gasteiger partial charge in [-0.3, -0.25) is 4.79 Å². The highest BCUT2D eigenvalue weighted by Crippen LogP contribution is 2.26. The molecule has 1 heterocycles. The van der Waals surface area contributed by atoms with E-state index in [0.29, 0.717) is 12.1 Å². The lowest BCUT2D eigenvalue weighted by Gasteiger charge is -2.06. The number of nitrogens with two attached hydrogens (primary N) is 1. The summed E-state index contributed by atoms with van der Waals surface area (Å²) in [6, 6.07) is 0. The normalized spacial score (nSPS) is 13.3. The molecule has 1 aromatic rings. The van der Waals surface area contributed by atoms with Gasteiger partial charge in [0.25, 0.3) is 0 Å². The lowest BCUT2D eigenvalue weighted by atomic mass is 10.1. The molecule has 0 radical (unpaired) electrons. The molecule has 6 nitrogen and oxygen atoms in total. The first-order chi connectivity index (χ1) is 8.24. The highest BCUT2D eigenvalue weighted by Gasteiger charge is 2.19. The SMILES string of the molecule is CCC(C)CC(=O)Nc1nc(C)c(S(N)(=O)=O)s1. The Morgan fingerprint density at radius 2 is 2.17 bits per heavy atom. The standard InChI is InChI=1S/C10H17N3O3S2/c1-4-6(2)5-8(14)13-10-12-7(3)9(17-10)18(11,15)16/h6H,4-5H2,1-3H3,(H2,11,15,16)(H,12,13,14). The maximum atomic E-state index is 11.6. The van der Waals surface area contributed by atoms with Crippen LogP contribution in [0.3, 0.4) is 0 Å². The van der Waals surface area contributed by atoms with Crippen LogP contribution in [0.2, 0.25) is 0 Å². The quantitative estimate of drug-likeness (QED) is 0.857. The van der Waals surface area contributed by atoms with Crippen LogP contribution >= 0.6 is 11.3 Å². The van der Waals surface area contributed by atoms with Gasteiger partial charge in [-0.1, -0.05) is 31.6 Å². The Morgan fingerprint density at radius 1 is 1.56 bits per heavy atom. The van der Waals surface area contributed by atoms with E-state index in [2.05, 4.69) is 10.3 Å². The van der Waals surface area contributed by atoms with Crippen LogP contribution in [0, 0.1) is 12.8 Å². The third-order valence-electron chi connectivity index (χ3n) is 2.49. The van der Waals surface area contributed by atoms with Crippen molar-refractivity contribution in [3.8, 4) is 0 Å². The largest absolute Gasteiger partial charge is 0.302 e. The molecule has 0 aliphatic rings. The van der Waals surface area contributed by atoms with Gasteiger partial charge in [0.1, 0.15) is 0 Å². The number of sulfonamides is 1. The second-order valence-corrected chi connectivity index (χ2v) is 6.96. The number of rotatable bonds is 5. The summed E-state index contributed by atoms with van der Waals surface area (Å²) in [4.78, 5) is 15.6. The summed E-state index contributed by atoms with van der Waals surface area (Å²) >= 11 is 0.873. The number of carbonyl (C=O) groups is 1. The molecular formula is C10H17N3O3S2. The predicted molar refractivity (Wildman–Crippen MR) is 70.9 cm³/mol. The van der Waals surface area contributed by atoms with Crippen molar-refractivity contribution in [3.05, 3.63) is 5.69 Å². The third-order valence-corrected chi connectivity index (χ3v) is 5.12. The summed E-state index contributed by atoms with van der Waals surface area (Å²) in [6.07, 6.45) is 1.30. The molecule has 0 aliphatic carbocycles. The molecule has 18 heavy (non-hydrogen) atoms. The molecular weight excluding hydrogens is 274 g/mol. The molecule has 1 rings (SSSR count). The van der Waals surface area contributed by atoms with Gasteiger partial charge in [0.05, 0.1) is 5.69 Å². The number of nitrogens with one attached hydrogen (secondary N) is 1. The smallest absolute Gasteiger partial charge is 0.249 e. The molecule has 1 aromatic heterocycles. The van der Waals surface area contributed by atoms with Crippen LogP contribution in [-0.2, 0) is 14.8 Å². The zero-order valence-electron chi connectivity index (χ0n) is 10.6. The summed E-state index contributed by atoms with van der Waals surface area (Å²) < 4.78 is 22.4. The van der Waals surface area contributed by atoms with Gasteiger partial charge in [0.2, 0.25) is 15.9 Å². The van der Waals surface area contributed by atoms with Crippen LogP contribution in [0.4, 0.5) is 5.13 Å². The van der Waals surface area contributed by atoms with Crippen molar-refractivity contribution >= 4 is 32.4 Å².